The third-order valence-electron chi connectivity index (χ3n) is 3.20. The molecule has 0 saturated carbocycles. The zero-order valence-electron chi connectivity index (χ0n) is 10.9. The molecule has 1 aliphatic heterocycles. The summed E-state index contributed by atoms with van der Waals surface area (Å²) in [6.45, 7) is 3.58. The summed E-state index contributed by atoms with van der Waals surface area (Å²) in [6, 6.07) is 0.968. The number of rotatable bonds is 3. The molecule has 1 saturated heterocycles. The van der Waals surface area contributed by atoms with Gasteiger partial charge >= 0.3 is 0 Å². The molecular weight excluding hydrogens is 248 g/mol. The van der Waals surface area contributed by atoms with Crippen molar-refractivity contribution < 1.29 is 18.8 Å². The largest absolute Gasteiger partial charge is 0.469 e. The van der Waals surface area contributed by atoms with E-state index in [0.29, 0.717) is 24.2 Å². The molecule has 1 unspecified atom stereocenters. The Hall–Kier alpha value is -2.11. The van der Waals surface area contributed by atoms with Crippen LogP contribution in [0.1, 0.15) is 36.4 Å². The van der Waals surface area contributed by atoms with Crippen LogP contribution in [0.4, 0.5) is 0 Å². The Kier molecular flexibility index (Phi) is 3.69. The molecule has 2 rings (SSSR count). The van der Waals surface area contributed by atoms with Gasteiger partial charge in [-0.25, -0.2) is 0 Å². The Morgan fingerprint density at radius 1 is 1.47 bits per heavy atom. The van der Waals surface area contributed by atoms with Gasteiger partial charge < -0.3 is 9.32 Å². The molecule has 1 fully saturated rings. The van der Waals surface area contributed by atoms with E-state index in [1.807, 2.05) is 6.92 Å². The average Bonchev–Trinajstić information content (AvgIpc) is 2.85. The number of amides is 3. The molecule has 0 spiro atoms. The summed E-state index contributed by atoms with van der Waals surface area (Å²) in [5.74, 6) is -0.642. The lowest BCUT2D eigenvalue weighted by Gasteiger charge is -2.33. The van der Waals surface area contributed by atoms with Gasteiger partial charge in [0, 0.05) is 6.42 Å². The molecule has 0 radical (unpaired) electrons. The van der Waals surface area contributed by atoms with Crippen LogP contribution < -0.4 is 5.32 Å². The molecule has 2 heterocycles. The number of furan rings is 1. The van der Waals surface area contributed by atoms with Gasteiger partial charge in [0.1, 0.15) is 18.3 Å². The maximum Gasteiger partial charge on any atom is 0.258 e. The molecule has 1 N–H and O–H groups in total. The van der Waals surface area contributed by atoms with Gasteiger partial charge in [0.25, 0.3) is 5.91 Å². The van der Waals surface area contributed by atoms with Gasteiger partial charge in [-0.3, -0.25) is 19.7 Å². The van der Waals surface area contributed by atoms with Crippen LogP contribution in [0, 0.1) is 0 Å². The number of carbonyl (C=O) groups is 3. The van der Waals surface area contributed by atoms with E-state index >= 15 is 0 Å². The highest BCUT2D eigenvalue weighted by atomic mass is 16.3. The Bertz CT molecular complexity index is 520. The van der Waals surface area contributed by atoms with E-state index in [1.165, 1.54) is 11.2 Å². The summed E-state index contributed by atoms with van der Waals surface area (Å²) in [5, 5.41) is 2.24. The first kappa shape index (κ1) is 13.3. The Morgan fingerprint density at radius 3 is 2.84 bits per heavy atom. The second-order valence-corrected chi connectivity index (χ2v) is 4.38. The number of piperazine rings is 1. The molecule has 1 aliphatic rings. The van der Waals surface area contributed by atoms with Gasteiger partial charge in [0.15, 0.2) is 0 Å². The maximum absolute atomic E-state index is 12.4. The number of imide groups is 1. The van der Waals surface area contributed by atoms with Crippen molar-refractivity contribution in [2.75, 3.05) is 6.54 Å². The van der Waals surface area contributed by atoms with Crippen LogP contribution in [-0.4, -0.2) is 35.2 Å². The van der Waals surface area contributed by atoms with Gasteiger partial charge in [0.05, 0.1) is 11.8 Å². The molecule has 1 aromatic rings. The third-order valence-corrected chi connectivity index (χ3v) is 3.20. The van der Waals surface area contributed by atoms with E-state index in [-0.39, 0.29) is 12.5 Å². The minimum absolute atomic E-state index is 0.0998. The van der Waals surface area contributed by atoms with Gasteiger partial charge in [-0.1, -0.05) is 13.8 Å². The highest BCUT2D eigenvalue weighted by Crippen LogP contribution is 2.18. The SMILES string of the molecule is CCc1occc1C(=O)N1CC(=O)NC(=O)C1CC. The number of nitrogens with zero attached hydrogens (tertiary/aromatic N) is 1. The fourth-order valence-corrected chi connectivity index (χ4v) is 2.25. The zero-order chi connectivity index (χ0) is 14.0. The van der Waals surface area contributed by atoms with Crippen molar-refractivity contribution in [1.29, 1.82) is 0 Å². The van der Waals surface area contributed by atoms with Crippen LogP contribution in [0.3, 0.4) is 0 Å². The van der Waals surface area contributed by atoms with Gasteiger partial charge in [-0.05, 0) is 12.5 Å². The average molecular weight is 264 g/mol. The summed E-state index contributed by atoms with van der Waals surface area (Å²) in [4.78, 5) is 36.9. The minimum Gasteiger partial charge on any atom is -0.469 e. The number of carbonyl (C=O) groups excluding carboxylic acids is 3. The fraction of sp³-hybridized carbons (Fsp3) is 0.462. The summed E-state index contributed by atoms with van der Waals surface area (Å²) < 4.78 is 5.22. The number of hydrogen-bond donors (Lipinski definition) is 1. The van der Waals surface area contributed by atoms with E-state index in [0.717, 1.165) is 0 Å². The van der Waals surface area contributed by atoms with Crippen molar-refractivity contribution in [2.45, 2.75) is 32.7 Å². The molecule has 0 aromatic carbocycles. The van der Waals surface area contributed by atoms with Crippen molar-refractivity contribution >= 4 is 17.7 Å². The predicted molar refractivity (Wildman–Crippen MR) is 66.4 cm³/mol. The van der Waals surface area contributed by atoms with Crippen molar-refractivity contribution in [3.8, 4) is 0 Å². The normalized spacial score (nSPS) is 19.5. The molecule has 0 bridgehead atoms. The maximum atomic E-state index is 12.4. The van der Waals surface area contributed by atoms with Crippen molar-refractivity contribution in [2.24, 2.45) is 0 Å². The molecule has 3 amide bonds. The summed E-state index contributed by atoms with van der Waals surface area (Å²) in [7, 11) is 0. The van der Waals surface area contributed by atoms with E-state index in [2.05, 4.69) is 5.32 Å². The lowest BCUT2D eigenvalue weighted by atomic mass is 10.1. The van der Waals surface area contributed by atoms with Crippen LogP contribution in [0.2, 0.25) is 0 Å². The smallest absolute Gasteiger partial charge is 0.258 e. The monoisotopic (exact) mass is 264 g/mol. The van der Waals surface area contributed by atoms with E-state index in [9.17, 15) is 14.4 Å². The summed E-state index contributed by atoms with van der Waals surface area (Å²) in [6.07, 6.45) is 2.49. The quantitative estimate of drug-likeness (QED) is 0.816. The number of aryl methyl sites for hydroxylation is 1. The van der Waals surface area contributed by atoms with Crippen molar-refractivity contribution in [3.05, 3.63) is 23.7 Å². The first-order valence-corrected chi connectivity index (χ1v) is 6.29. The standard InChI is InChI=1S/C13H16N2O4/c1-3-9-12(17)14-11(16)7-15(9)13(18)8-5-6-19-10(8)4-2/h5-6,9H,3-4,7H2,1-2H3,(H,14,16,17). The zero-order valence-corrected chi connectivity index (χ0v) is 10.9. The first-order chi connectivity index (χ1) is 9.08. The lowest BCUT2D eigenvalue weighted by Crippen LogP contribution is -2.59. The topological polar surface area (TPSA) is 79.6 Å². The number of hydrogen-bond acceptors (Lipinski definition) is 4. The molecule has 102 valence electrons. The van der Waals surface area contributed by atoms with Crippen LogP contribution in [0.25, 0.3) is 0 Å². The van der Waals surface area contributed by atoms with Crippen LogP contribution in [0.15, 0.2) is 16.7 Å². The fourth-order valence-electron chi connectivity index (χ4n) is 2.25. The Labute approximate surface area is 110 Å². The Balaban J connectivity index is 2.30. The van der Waals surface area contributed by atoms with E-state index < -0.39 is 17.9 Å². The third kappa shape index (κ3) is 2.38. The predicted octanol–water partition coefficient (Wildman–Crippen LogP) is 0.719. The summed E-state index contributed by atoms with van der Waals surface area (Å²) in [5.41, 5.74) is 0.420. The molecule has 1 atom stereocenters. The van der Waals surface area contributed by atoms with Crippen LogP contribution in [-0.2, 0) is 16.0 Å². The lowest BCUT2D eigenvalue weighted by molar-refractivity contribution is -0.138. The van der Waals surface area contributed by atoms with E-state index in [1.54, 1.807) is 13.0 Å². The first-order valence-electron chi connectivity index (χ1n) is 6.29. The van der Waals surface area contributed by atoms with E-state index in [4.69, 9.17) is 4.42 Å². The van der Waals surface area contributed by atoms with Gasteiger partial charge in [0.2, 0.25) is 11.8 Å². The molecule has 0 aliphatic carbocycles. The van der Waals surface area contributed by atoms with Gasteiger partial charge in [-0.15, -0.1) is 0 Å². The molecule has 6 heteroatoms. The number of nitrogens with one attached hydrogen (secondary N) is 1. The van der Waals surface area contributed by atoms with Crippen LogP contribution >= 0.6 is 0 Å². The Morgan fingerprint density at radius 2 is 2.21 bits per heavy atom. The molecule has 19 heavy (non-hydrogen) atoms. The minimum atomic E-state index is -0.607. The van der Waals surface area contributed by atoms with Crippen molar-refractivity contribution in [3.63, 3.8) is 0 Å². The summed E-state index contributed by atoms with van der Waals surface area (Å²) >= 11 is 0. The molecular formula is C13H16N2O4. The highest BCUT2D eigenvalue weighted by molar-refractivity contribution is 6.07. The highest BCUT2D eigenvalue weighted by Gasteiger charge is 2.36. The van der Waals surface area contributed by atoms with Crippen molar-refractivity contribution in [1.82, 2.24) is 10.2 Å². The molecule has 1 aromatic heterocycles. The van der Waals surface area contributed by atoms with Crippen LogP contribution in [0.5, 0.6) is 0 Å². The molecule has 6 nitrogen and oxygen atoms in total. The second-order valence-electron chi connectivity index (χ2n) is 4.38. The van der Waals surface area contributed by atoms with Gasteiger partial charge in [-0.2, -0.15) is 0 Å². The second kappa shape index (κ2) is 5.26.